The quantitative estimate of drug-likeness (QED) is 0.440. The third-order valence-corrected chi connectivity index (χ3v) is 3.56. The molecule has 0 unspecified atom stereocenters. The standard InChI is InChI=1S/C16H17N3O2/c1-10-3-4-12-5-6-19(14(12)7-10)9-13-8-11(2)15(21-13)16(20)18-17/h3-8H,9,17H2,1-2H3,(H,18,20). The fraction of sp³-hybridized carbons (Fsp3) is 0.188. The van der Waals surface area contributed by atoms with Gasteiger partial charge in [0.15, 0.2) is 5.76 Å². The number of hydrazine groups is 1. The molecule has 0 radical (unpaired) electrons. The van der Waals surface area contributed by atoms with Gasteiger partial charge in [0.25, 0.3) is 0 Å². The van der Waals surface area contributed by atoms with Crippen LogP contribution in [0.25, 0.3) is 10.9 Å². The van der Waals surface area contributed by atoms with Gasteiger partial charge in [0.05, 0.1) is 6.54 Å². The molecule has 2 heterocycles. The van der Waals surface area contributed by atoms with Crippen molar-refractivity contribution in [1.82, 2.24) is 9.99 Å². The molecule has 0 aliphatic heterocycles. The van der Waals surface area contributed by atoms with Crippen molar-refractivity contribution >= 4 is 16.8 Å². The van der Waals surface area contributed by atoms with Crippen LogP contribution in [-0.2, 0) is 6.54 Å². The summed E-state index contributed by atoms with van der Waals surface area (Å²) in [6, 6.07) is 10.3. The molecule has 0 aliphatic carbocycles. The predicted molar refractivity (Wildman–Crippen MR) is 80.9 cm³/mol. The Labute approximate surface area is 122 Å². The largest absolute Gasteiger partial charge is 0.454 e. The Bertz CT molecular complexity index is 814. The van der Waals surface area contributed by atoms with Gasteiger partial charge in [-0.15, -0.1) is 0 Å². The van der Waals surface area contributed by atoms with E-state index >= 15 is 0 Å². The molecule has 0 saturated carbocycles. The second kappa shape index (κ2) is 5.10. The highest BCUT2D eigenvalue weighted by Gasteiger charge is 2.15. The Morgan fingerprint density at radius 2 is 2.10 bits per heavy atom. The number of aryl methyl sites for hydroxylation is 2. The molecule has 0 aliphatic rings. The molecule has 3 N–H and O–H groups in total. The number of amides is 1. The number of nitrogens with zero attached hydrogens (tertiary/aromatic N) is 1. The van der Waals surface area contributed by atoms with Crippen LogP contribution in [0.15, 0.2) is 40.9 Å². The lowest BCUT2D eigenvalue weighted by Gasteiger charge is -2.04. The molecule has 0 fully saturated rings. The van der Waals surface area contributed by atoms with Crippen LogP contribution in [0, 0.1) is 13.8 Å². The number of hydrogen-bond acceptors (Lipinski definition) is 3. The lowest BCUT2D eigenvalue weighted by molar-refractivity contribution is 0.0923. The Morgan fingerprint density at radius 1 is 1.29 bits per heavy atom. The number of furan rings is 1. The number of hydrogen-bond donors (Lipinski definition) is 2. The van der Waals surface area contributed by atoms with Gasteiger partial charge in [0, 0.05) is 17.3 Å². The highest BCUT2D eigenvalue weighted by atomic mass is 16.4. The molecule has 1 aromatic carbocycles. The average molecular weight is 283 g/mol. The van der Waals surface area contributed by atoms with E-state index in [0.717, 1.165) is 16.8 Å². The molecule has 3 aromatic rings. The van der Waals surface area contributed by atoms with Crippen molar-refractivity contribution in [3.8, 4) is 0 Å². The maximum absolute atomic E-state index is 11.6. The molecule has 5 nitrogen and oxygen atoms in total. The molecule has 0 spiro atoms. The first kappa shape index (κ1) is 13.5. The fourth-order valence-corrected chi connectivity index (χ4v) is 2.52. The van der Waals surface area contributed by atoms with Crippen LogP contribution in [0.2, 0.25) is 0 Å². The van der Waals surface area contributed by atoms with Crippen molar-refractivity contribution in [2.24, 2.45) is 5.84 Å². The maximum atomic E-state index is 11.6. The number of aromatic nitrogens is 1. The maximum Gasteiger partial charge on any atom is 0.301 e. The minimum atomic E-state index is -0.410. The van der Waals surface area contributed by atoms with Crippen LogP contribution in [0.3, 0.4) is 0 Å². The smallest absolute Gasteiger partial charge is 0.301 e. The zero-order valence-electron chi connectivity index (χ0n) is 12.0. The van der Waals surface area contributed by atoms with Crippen LogP contribution in [-0.4, -0.2) is 10.5 Å². The van der Waals surface area contributed by atoms with Gasteiger partial charge in [0.2, 0.25) is 0 Å². The summed E-state index contributed by atoms with van der Waals surface area (Å²) in [6.07, 6.45) is 2.02. The van der Waals surface area contributed by atoms with E-state index in [2.05, 4.69) is 41.2 Å². The number of carbonyl (C=O) groups excluding carboxylic acids is 1. The molecule has 0 bridgehead atoms. The second-order valence-electron chi connectivity index (χ2n) is 5.20. The number of nitrogen functional groups attached to an aromatic ring is 1. The Morgan fingerprint density at radius 3 is 2.86 bits per heavy atom. The van der Waals surface area contributed by atoms with E-state index in [0.29, 0.717) is 6.54 Å². The van der Waals surface area contributed by atoms with Crippen LogP contribution < -0.4 is 11.3 Å². The number of fused-ring (bicyclic) bond motifs is 1. The number of rotatable bonds is 3. The minimum Gasteiger partial charge on any atom is -0.454 e. The summed E-state index contributed by atoms with van der Waals surface area (Å²) >= 11 is 0. The normalized spacial score (nSPS) is 11.0. The summed E-state index contributed by atoms with van der Waals surface area (Å²) in [4.78, 5) is 11.6. The van der Waals surface area contributed by atoms with E-state index in [1.54, 1.807) is 0 Å². The van der Waals surface area contributed by atoms with Crippen LogP contribution in [0.1, 0.15) is 27.4 Å². The Hall–Kier alpha value is -2.53. The topological polar surface area (TPSA) is 73.2 Å². The lowest BCUT2D eigenvalue weighted by Crippen LogP contribution is -2.30. The number of nitrogens with two attached hydrogens (primary N) is 1. The first-order chi connectivity index (χ1) is 10.1. The number of nitrogens with one attached hydrogen (secondary N) is 1. The lowest BCUT2D eigenvalue weighted by atomic mass is 10.2. The van der Waals surface area contributed by atoms with Crippen molar-refractivity contribution in [3.63, 3.8) is 0 Å². The average Bonchev–Trinajstić information content (AvgIpc) is 3.02. The third kappa shape index (κ3) is 2.43. The fourth-order valence-electron chi connectivity index (χ4n) is 2.52. The highest BCUT2D eigenvalue weighted by molar-refractivity contribution is 5.92. The first-order valence-corrected chi connectivity index (χ1v) is 6.74. The Balaban J connectivity index is 1.95. The Kier molecular flexibility index (Phi) is 3.27. The van der Waals surface area contributed by atoms with E-state index in [9.17, 15) is 4.79 Å². The van der Waals surface area contributed by atoms with Gasteiger partial charge in [-0.05, 0) is 43.0 Å². The van der Waals surface area contributed by atoms with Crippen molar-refractivity contribution < 1.29 is 9.21 Å². The van der Waals surface area contributed by atoms with Gasteiger partial charge < -0.3 is 8.98 Å². The molecular weight excluding hydrogens is 266 g/mol. The summed E-state index contributed by atoms with van der Waals surface area (Å²) in [6.45, 7) is 4.47. The molecule has 1 amide bonds. The molecule has 0 saturated heterocycles. The van der Waals surface area contributed by atoms with Crippen LogP contribution in [0.5, 0.6) is 0 Å². The number of carbonyl (C=O) groups is 1. The SMILES string of the molecule is Cc1ccc2ccn(Cc3cc(C)c(C(=O)NN)o3)c2c1. The van der Waals surface area contributed by atoms with Gasteiger partial charge >= 0.3 is 5.91 Å². The zero-order valence-corrected chi connectivity index (χ0v) is 12.0. The first-order valence-electron chi connectivity index (χ1n) is 6.74. The second-order valence-corrected chi connectivity index (χ2v) is 5.20. The number of benzene rings is 1. The van der Waals surface area contributed by atoms with Gasteiger partial charge in [-0.1, -0.05) is 12.1 Å². The van der Waals surface area contributed by atoms with E-state index in [4.69, 9.17) is 10.3 Å². The molecule has 21 heavy (non-hydrogen) atoms. The summed E-state index contributed by atoms with van der Waals surface area (Å²) in [5, 5.41) is 1.18. The summed E-state index contributed by atoms with van der Waals surface area (Å²) < 4.78 is 7.71. The van der Waals surface area contributed by atoms with Crippen molar-refractivity contribution in [2.45, 2.75) is 20.4 Å². The van der Waals surface area contributed by atoms with Crippen molar-refractivity contribution in [3.05, 3.63) is 59.2 Å². The van der Waals surface area contributed by atoms with Crippen molar-refractivity contribution in [2.75, 3.05) is 0 Å². The van der Waals surface area contributed by atoms with Gasteiger partial charge in [-0.3, -0.25) is 10.2 Å². The third-order valence-electron chi connectivity index (χ3n) is 3.56. The molecule has 2 aromatic heterocycles. The van der Waals surface area contributed by atoms with E-state index in [-0.39, 0.29) is 5.76 Å². The van der Waals surface area contributed by atoms with Gasteiger partial charge in [0.1, 0.15) is 5.76 Å². The van der Waals surface area contributed by atoms with E-state index in [1.807, 2.05) is 19.2 Å². The summed E-state index contributed by atoms with van der Waals surface area (Å²) in [5.74, 6) is 5.73. The predicted octanol–water partition coefficient (Wildman–Crippen LogP) is 2.50. The molecular formula is C16H17N3O2. The minimum absolute atomic E-state index is 0.264. The van der Waals surface area contributed by atoms with Gasteiger partial charge in [-0.25, -0.2) is 5.84 Å². The van der Waals surface area contributed by atoms with Crippen LogP contribution in [0.4, 0.5) is 0 Å². The van der Waals surface area contributed by atoms with E-state index < -0.39 is 5.91 Å². The van der Waals surface area contributed by atoms with Crippen LogP contribution >= 0.6 is 0 Å². The zero-order chi connectivity index (χ0) is 15.0. The molecule has 5 heteroatoms. The molecule has 3 rings (SSSR count). The van der Waals surface area contributed by atoms with E-state index in [1.165, 1.54) is 10.9 Å². The van der Waals surface area contributed by atoms with Crippen molar-refractivity contribution in [1.29, 1.82) is 0 Å². The molecule has 108 valence electrons. The van der Waals surface area contributed by atoms with Gasteiger partial charge in [-0.2, -0.15) is 0 Å². The summed E-state index contributed by atoms with van der Waals surface area (Å²) in [7, 11) is 0. The highest BCUT2D eigenvalue weighted by Crippen LogP contribution is 2.21. The monoisotopic (exact) mass is 283 g/mol. The summed E-state index contributed by atoms with van der Waals surface area (Å²) in [5.41, 5.74) is 5.23. The molecule has 0 atom stereocenters.